The van der Waals surface area contributed by atoms with Crippen LogP contribution in [0.15, 0.2) is 72.9 Å². The number of hydrogen-bond donors (Lipinski definition) is 1. The van der Waals surface area contributed by atoms with E-state index in [1.807, 2.05) is 54.2 Å². The molecule has 1 aromatic carbocycles. The highest BCUT2D eigenvalue weighted by atomic mass is 32.2. The summed E-state index contributed by atoms with van der Waals surface area (Å²) in [5.41, 5.74) is 7.31. The maximum atomic E-state index is 4.59. The third kappa shape index (κ3) is 5.88. The molecule has 1 fully saturated rings. The molecule has 5 nitrogen and oxygen atoms in total. The predicted molar refractivity (Wildman–Crippen MR) is 145 cm³/mol. The van der Waals surface area contributed by atoms with Crippen LogP contribution < -0.4 is 5.32 Å². The topological polar surface area (TPSA) is 46.0 Å². The van der Waals surface area contributed by atoms with E-state index in [0.717, 1.165) is 57.5 Å². The molecule has 3 heterocycles. The van der Waals surface area contributed by atoms with E-state index in [9.17, 15) is 0 Å². The number of likely N-dealkylation sites (tertiary alicyclic amines) is 1. The summed E-state index contributed by atoms with van der Waals surface area (Å²) in [6, 6.07) is 10.5. The van der Waals surface area contributed by atoms with E-state index in [2.05, 4.69) is 77.7 Å². The van der Waals surface area contributed by atoms with Crippen molar-refractivity contribution in [3.63, 3.8) is 0 Å². The van der Waals surface area contributed by atoms with Crippen LogP contribution in [0, 0.1) is 0 Å². The number of hydrogen-bond acceptors (Lipinski definition) is 5. The first kappa shape index (κ1) is 24.0. The number of benzene rings is 1. The fraction of sp³-hybridized carbons (Fsp3) is 0.286. The molecule has 0 aliphatic carbocycles. The summed E-state index contributed by atoms with van der Waals surface area (Å²) in [5, 5.41) is 5.16. The molecule has 1 aliphatic rings. The molecule has 0 spiro atoms. The number of pyridine rings is 1. The standard InChI is InChI=1S/C28H33N5S/c1-6-22-7-8-24(27-18-29-19-33(27)5)16-25(22)15-20(2)31-21(3)23-9-12-30-28(17-23)34-26-10-13-32(4)14-11-26/h6-9,12,15-19,26,31H,1,3,10-11,13-14H2,2,4-5H3/b20-15+. The largest absolute Gasteiger partial charge is 0.359 e. The second-order valence-corrected chi connectivity index (χ2v) is 10.2. The Bertz CT molecular complexity index is 1200. The van der Waals surface area contributed by atoms with E-state index >= 15 is 0 Å². The van der Waals surface area contributed by atoms with Gasteiger partial charge in [-0.2, -0.15) is 0 Å². The fourth-order valence-electron chi connectivity index (χ4n) is 4.19. The molecule has 0 saturated carbocycles. The fourth-order valence-corrected chi connectivity index (χ4v) is 5.30. The maximum Gasteiger partial charge on any atom is 0.0969 e. The first-order valence-electron chi connectivity index (χ1n) is 11.6. The molecule has 2 aromatic heterocycles. The van der Waals surface area contributed by atoms with Crippen molar-refractivity contribution in [2.75, 3.05) is 20.1 Å². The summed E-state index contributed by atoms with van der Waals surface area (Å²) < 4.78 is 2.02. The van der Waals surface area contributed by atoms with E-state index in [4.69, 9.17) is 0 Å². The number of nitrogens with one attached hydrogen (secondary N) is 1. The van der Waals surface area contributed by atoms with Gasteiger partial charge in [-0.15, -0.1) is 11.8 Å². The molecule has 0 unspecified atom stereocenters. The van der Waals surface area contributed by atoms with Gasteiger partial charge < -0.3 is 14.8 Å². The third-order valence-corrected chi connectivity index (χ3v) is 7.45. The second kappa shape index (κ2) is 10.9. The van der Waals surface area contributed by atoms with Gasteiger partial charge in [0.1, 0.15) is 0 Å². The lowest BCUT2D eigenvalue weighted by Gasteiger charge is -2.28. The van der Waals surface area contributed by atoms with E-state index in [0.29, 0.717) is 5.25 Å². The monoisotopic (exact) mass is 471 g/mol. The minimum Gasteiger partial charge on any atom is -0.359 e. The SMILES string of the molecule is C=Cc1ccc(-c2cncn2C)cc1/C=C(\C)NC(=C)c1ccnc(SC2CCN(C)CC2)c1. The average molecular weight is 472 g/mol. The maximum absolute atomic E-state index is 4.59. The molecule has 1 aliphatic heterocycles. The Balaban J connectivity index is 1.48. The molecule has 1 N–H and O–H groups in total. The van der Waals surface area contributed by atoms with Crippen molar-refractivity contribution in [1.82, 2.24) is 24.8 Å². The highest BCUT2D eigenvalue weighted by Crippen LogP contribution is 2.30. The molecule has 3 aromatic rings. The van der Waals surface area contributed by atoms with Gasteiger partial charge >= 0.3 is 0 Å². The smallest absolute Gasteiger partial charge is 0.0969 e. The summed E-state index contributed by atoms with van der Waals surface area (Å²) in [6.45, 7) is 12.6. The zero-order valence-corrected chi connectivity index (χ0v) is 21.1. The Kier molecular flexibility index (Phi) is 7.70. The van der Waals surface area contributed by atoms with Crippen molar-refractivity contribution in [1.29, 1.82) is 0 Å². The molecule has 0 bridgehead atoms. The number of thioether (sulfide) groups is 1. The van der Waals surface area contributed by atoms with E-state index in [-0.39, 0.29) is 0 Å². The number of imidazole rings is 1. The summed E-state index contributed by atoms with van der Waals surface area (Å²) in [7, 11) is 4.20. The molecule has 34 heavy (non-hydrogen) atoms. The van der Waals surface area contributed by atoms with Gasteiger partial charge in [0.2, 0.25) is 0 Å². The van der Waals surface area contributed by atoms with Gasteiger partial charge in [-0.25, -0.2) is 9.97 Å². The van der Waals surface area contributed by atoms with Crippen LogP contribution in [-0.4, -0.2) is 44.8 Å². The lowest BCUT2D eigenvalue weighted by Crippen LogP contribution is -2.31. The first-order chi connectivity index (χ1) is 16.4. The summed E-state index contributed by atoms with van der Waals surface area (Å²) in [5.74, 6) is 0. The van der Waals surface area contributed by atoms with Crippen molar-refractivity contribution in [2.45, 2.75) is 30.0 Å². The van der Waals surface area contributed by atoms with Crippen LogP contribution in [0.5, 0.6) is 0 Å². The van der Waals surface area contributed by atoms with Crippen LogP contribution in [0.3, 0.4) is 0 Å². The van der Waals surface area contributed by atoms with Crippen LogP contribution in [0.2, 0.25) is 0 Å². The second-order valence-electron chi connectivity index (χ2n) is 8.87. The Hall–Kier alpha value is -3.09. The molecule has 6 heteroatoms. The molecule has 4 rings (SSSR count). The van der Waals surface area contributed by atoms with Gasteiger partial charge in [-0.1, -0.05) is 31.4 Å². The Morgan fingerprint density at radius 2 is 1.94 bits per heavy atom. The highest BCUT2D eigenvalue weighted by molar-refractivity contribution is 7.99. The van der Waals surface area contributed by atoms with Crippen LogP contribution in [-0.2, 0) is 7.05 Å². The van der Waals surface area contributed by atoms with Gasteiger partial charge in [0.25, 0.3) is 0 Å². The van der Waals surface area contributed by atoms with Crippen molar-refractivity contribution in [3.05, 3.63) is 84.6 Å². The molecule has 1 saturated heterocycles. The van der Waals surface area contributed by atoms with Gasteiger partial charge in [0.15, 0.2) is 0 Å². The highest BCUT2D eigenvalue weighted by Gasteiger charge is 2.18. The van der Waals surface area contributed by atoms with Crippen molar-refractivity contribution >= 4 is 29.6 Å². The van der Waals surface area contributed by atoms with Crippen LogP contribution in [0.25, 0.3) is 29.1 Å². The van der Waals surface area contributed by atoms with Crippen LogP contribution in [0.1, 0.15) is 36.5 Å². The van der Waals surface area contributed by atoms with Crippen molar-refractivity contribution in [2.24, 2.45) is 7.05 Å². The number of allylic oxidation sites excluding steroid dienone is 1. The zero-order chi connectivity index (χ0) is 24.1. The van der Waals surface area contributed by atoms with E-state index < -0.39 is 0 Å². The minimum absolute atomic E-state index is 0.630. The number of aromatic nitrogens is 3. The molecule has 0 radical (unpaired) electrons. The third-order valence-electron chi connectivity index (χ3n) is 6.18. The zero-order valence-electron chi connectivity index (χ0n) is 20.3. The van der Waals surface area contributed by atoms with Crippen LogP contribution >= 0.6 is 11.8 Å². The van der Waals surface area contributed by atoms with Gasteiger partial charge in [-0.05, 0) is 75.3 Å². The Morgan fingerprint density at radius 1 is 1.15 bits per heavy atom. The predicted octanol–water partition coefficient (Wildman–Crippen LogP) is 5.93. The van der Waals surface area contributed by atoms with E-state index in [1.165, 1.54) is 12.8 Å². The number of piperidine rings is 1. The molecule has 0 amide bonds. The quantitative estimate of drug-likeness (QED) is 0.441. The summed E-state index contributed by atoms with van der Waals surface area (Å²) >= 11 is 1.89. The van der Waals surface area contributed by atoms with Gasteiger partial charge in [0, 0.05) is 41.0 Å². The lowest BCUT2D eigenvalue weighted by molar-refractivity contribution is 0.282. The molecular weight excluding hydrogens is 438 g/mol. The number of aryl methyl sites for hydroxylation is 1. The van der Waals surface area contributed by atoms with Gasteiger partial charge in [-0.3, -0.25) is 0 Å². The minimum atomic E-state index is 0.630. The average Bonchev–Trinajstić information content (AvgIpc) is 3.26. The van der Waals surface area contributed by atoms with Crippen molar-refractivity contribution < 1.29 is 0 Å². The number of rotatable bonds is 8. The first-order valence-corrected chi connectivity index (χ1v) is 12.5. The van der Waals surface area contributed by atoms with E-state index in [1.54, 1.807) is 0 Å². The lowest BCUT2D eigenvalue weighted by atomic mass is 10.0. The van der Waals surface area contributed by atoms with Gasteiger partial charge in [0.05, 0.1) is 23.2 Å². The molecular formula is C28H33N5S. The Labute approximate surface area is 207 Å². The Morgan fingerprint density at radius 3 is 2.65 bits per heavy atom. The summed E-state index contributed by atoms with van der Waals surface area (Å²) in [6.07, 6.45) is 12.0. The number of nitrogens with zero attached hydrogens (tertiary/aromatic N) is 4. The normalized spacial score (nSPS) is 15.3. The molecule has 0 atom stereocenters. The van der Waals surface area contributed by atoms with Crippen molar-refractivity contribution in [3.8, 4) is 11.3 Å². The van der Waals surface area contributed by atoms with Crippen LogP contribution in [0.4, 0.5) is 0 Å². The summed E-state index contributed by atoms with van der Waals surface area (Å²) in [4.78, 5) is 11.2. The molecule has 176 valence electrons.